The highest BCUT2D eigenvalue weighted by Gasteiger charge is 2.36. The van der Waals surface area contributed by atoms with E-state index in [2.05, 4.69) is 231 Å². The maximum Gasteiger partial charge on any atom is 0.0546 e. The predicted octanol–water partition coefficient (Wildman–Crippen LogP) is 15.3. The van der Waals surface area contributed by atoms with Gasteiger partial charge in [-0.05, 0) is 108 Å². The minimum absolute atomic E-state index is 0.126. The zero-order chi connectivity index (χ0) is 37.6. The normalized spacial score (nSPS) is 12.6. The van der Waals surface area contributed by atoms with Crippen LogP contribution >= 0.6 is 0 Å². The Morgan fingerprint density at radius 3 is 1.50 bits per heavy atom. The molecule has 266 valence electrons. The number of anilines is 3. The van der Waals surface area contributed by atoms with E-state index < -0.39 is 0 Å². The van der Waals surface area contributed by atoms with Gasteiger partial charge in [-0.15, -0.1) is 0 Å². The van der Waals surface area contributed by atoms with Gasteiger partial charge in [0.15, 0.2) is 0 Å². The van der Waals surface area contributed by atoms with Crippen LogP contribution in [0.4, 0.5) is 17.1 Å². The lowest BCUT2D eigenvalue weighted by atomic mass is 9.82. The topological polar surface area (TPSA) is 3.24 Å². The molecule has 9 aromatic carbocycles. The Hall–Kier alpha value is -6.96. The molecule has 0 saturated carbocycles. The van der Waals surface area contributed by atoms with Crippen molar-refractivity contribution in [1.29, 1.82) is 0 Å². The second kappa shape index (κ2) is 13.7. The fourth-order valence-corrected chi connectivity index (χ4v) is 8.67. The standard InChI is InChI=1S/C55H41N/c1-55(2)52-20-12-11-19-50(52)51-34-32-48(37-53(51)55)56(47-30-27-42(28-31-47)41-23-21-40(22-24-41)38-13-5-3-6-14-38)54-36-46(29-33-49(54)43-16-7-4-8-17-43)45-26-25-39-15-9-10-18-44(39)35-45/h3-37H,1-2H3. The van der Waals surface area contributed by atoms with Crippen molar-refractivity contribution in [1.82, 2.24) is 0 Å². The van der Waals surface area contributed by atoms with Crippen molar-refractivity contribution in [3.63, 3.8) is 0 Å². The van der Waals surface area contributed by atoms with Gasteiger partial charge in [0.25, 0.3) is 0 Å². The van der Waals surface area contributed by atoms with Gasteiger partial charge in [0, 0.05) is 22.4 Å². The van der Waals surface area contributed by atoms with Crippen LogP contribution < -0.4 is 4.90 Å². The highest BCUT2D eigenvalue weighted by Crippen LogP contribution is 2.51. The molecule has 1 heteroatoms. The molecule has 10 rings (SSSR count). The van der Waals surface area contributed by atoms with Gasteiger partial charge in [-0.3, -0.25) is 0 Å². The van der Waals surface area contributed by atoms with E-state index in [0.717, 1.165) is 17.1 Å². The number of hydrogen-bond acceptors (Lipinski definition) is 1. The van der Waals surface area contributed by atoms with Gasteiger partial charge in [-0.25, -0.2) is 0 Å². The van der Waals surface area contributed by atoms with Crippen LogP contribution in [0.1, 0.15) is 25.0 Å². The molecule has 0 fully saturated rings. The SMILES string of the molecule is CC1(C)c2ccccc2-c2ccc(N(c3ccc(-c4ccc(-c5ccccc5)cc4)cc3)c3cc(-c4ccc5ccccc5c4)ccc3-c3ccccc3)cc21. The molecule has 0 unspecified atom stereocenters. The van der Waals surface area contributed by atoms with Crippen LogP contribution in [0.2, 0.25) is 0 Å². The second-order valence-corrected chi connectivity index (χ2v) is 15.4. The summed E-state index contributed by atoms with van der Waals surface area (Å²) in [5.41, 5.74) is 18.2. The number of rotatable bonds is 7. The molecule has 0 amide bonds. The minimum Gasteiger partial charge on any atom is -0.310 e. The molecule has 56 heavy (non-hydrogen) atoms. The van der Waals surface area contributed by atoms with Crippen molar-refractivity contribution in [2.45, 2.75) is 19.3 Å². The van der Waals surface area contributed by atoms with Gasteiger partial charge in [-0.2, -0.15) is 0 Å². The lowest BCUT2D eigenvalue weighted by Gasteiger charge is -2.30. The van der Waals surface area contributed by atoms with Gasteiger partial charge in [0.05, 0.1) is 5.69 Å². The van der Waals surface area contributed by atoms with E-state index in [4.69, 9.17) is 0 Å². The summed E-state index contributed by atoms with van der Waals surface area (Å²) in [6, 6.07) is 77.7. The van der Waals surface area contributed by atoms with E-state index in [0.29, 0.717) is 0 Å². The third-order valence-corrected chi connectivity index (χ3v) is 11.7. The lowest BCUT2D eigenvalue weighted by molar-refractivity contribution is 0.660. The summed E-state index contributed by atoms with van der Waals surface area (Å²) in [5, 5.41) is 2.49. The first-order chi connectivity index (χ1) is 27.5. The monoisotopic (exact) mass is 715 g/mol. The number of nitrogens with zero attached hydrogens (tertiary/aromatic N) is 1. The average Bonchev–Trinajstić information content (AvgIpc) is 3.50. The first-order valence-electron chi connectivity index (χ1n) is 19.5. The first-order valence-corrected chi connectivity index (χ1v) is 19.5. The maximum absolute atomic E-state index is 2.47. The predicted molar refractivity (Wildman–Crippen MR) is 238 cm³/mol. The molecule has 0 N–H and O–H groups in total. The smallest absolute Gasteiger partial charge is 0.0546 e. The second-order valence-electron chi connectivity index (χ2n) is 15.4. The molecule has 9 aromatic rings. The van der Waals surface area contributed by atoms with Crippen LogP contribution in [-0.4, -0.2) is 0 Å². The third kappa shape index (κ3) is 5.90. The van der Waals surface area contributed by atoms with Gasteiger partial charge < -0.3 is 4.90 Å². The Kier molecular flexibility index (Phi) is 8.23. The molecule has 0 heterocycles. The number of hydrogen-bond donors (Lipinski definition) is 0. The zero-order valence-electron chi connectivity index (χ0n) is 31.7. The summed E-state index contributed by atoms with van der Waals surface area (Å²) < 4.78 is 0. The highest BCUT2D eigenvalue weighted by atomic mass is 15.1. The summed E-state index contributed by atoms with van der Waals surface area (Å²) >= 11 is 0. The van der Waals surface area contributed by atoms with E-state index in [1.165, 1.54) is 77.5 Å². The van der Waals surface area contributed by atoms with Crippen molar-refractivity contribution >= 4 is 27.8 Å². The summed E-state index contributed by atoms with van der Waals surface area (Å²) in [7, 11) is 0. The molecule has 0 aliphatic heterocycles. The molecule has 0 radical (unpaired) electrons. The Bertz CT molecular complexity index is 2850. The fourth-order valence-electron chi connectivity index (χ4n) is 8.67. The van der Waals surface area contributed by atoms with Crippen molar-refractivity contribution in [3.05, 3.63) is 223 Å². The lowest BCUT2D eigenvalue weighted by Crippen LogP contribution is -2.17. The van der Waals surface area contributed by atoms with E-state index in [9.17, 15) is 0 Å². The van der Waals surface area contributed by atoms with Crippen LogP contribution in [0.25, 0.3) is 66.4 Å². The molecule has 1 nitrogen and oxygen atoms in total. The third-order valence-electron chi connectivity index (χ3n) is 11.7. The van der Waals surface area contributed by atoms with E-state index in [1.54, 1.807) is 0 Å². The largest absolute Gasteiger partial charge is 0.310 e. The summed E-state index contributed by atoms with van der Waals surface area (Å²) in [5.74, 6) is 0. The quantitative estimate of drug-likeness (QED) is 0.159. The molecule has 0 spiro atoms. The van der Waals surface area contributed by atoms with E-state index >= 15 is 0 Å². The molecule has 0 saturated heterocycles. The van der Waals surface area contributed by atoms with E-state index in [-0.39, 0.29) is 5.41 Å². The number of fused-ring (bicyclic) bond motifs is 4. The molecule has 0 aromatic heterocycles. The summed E-state index contributed by atoms with van der Waals surface area (Å²) in [6.07, 6.45) is 0. The van der Waals surface area contributed by atoms with Gasteiger partial charge >= 0.3 is 0 Å². The van der Waals surface area contributed by atoms with Crippen LogP contribution in [0, 0.1) is 0 Å². The fraction of sp³-hybridized carbons (Fsp3) is 0.0545. The van der Waals surface area contributed by atoms with Crippen molar-refractivity contribution < 1.29 is 0 Å². The molecule has 0 bridgehead atoms. The molecule has 1 aliphatic rings. The number of benzene rings is 9. The van der Waals surface area contributed by atoms with Crippen LogP contribution in [0.15, 0.2) is 212 Å². The van der Waals surface area contributed by atoms with Crippen LogP contribution in [-0.2, 0) is 5.41 Å². The average molecular weight is 716 g/mol. The van der Waals surface area contributed by atoms with Gasteiger partial charge in [0.1, 0.15) is 0 Å². The van der Waals surface area contributed by atoms with Crippen LogP contribution in [0.3, 0.4) is 0 Å². The Labute approximate surface area is 329 Å². The van der Waals surface area contributed by atoms with Gasteiger partial charge in [-0.1, -0.05) is 190 Å². The Morgan fingerprint density at radius 2 is 0.786 bits per heavy atom. The highest BCUT2D eigenvalue weighted by molar-refractivity contribution is 5.94. The van der Waals surface area contributed by atoms with Crippen molar-refractivity contribution in [2.75, 3.05) is 4.90 Å². The van der Waals surface area contributed by atoms with E-state index in [1.807, 2.05) is 0 Å². The molecule has 1 aliphatic carbocycles. The summed E-state index contributed by atoms with van der Waals surface area (Å²) in [6.45, 7) is 4.72. The Balaban J connectivity index is 1.14. The minimum atomic E-state index is -0.126. The summed E-state index contributed by atoms with van der Waals surface area (Å²) in [4.78, 5) is 2.47. The maximum atomic E-state index is 2.47. The Morgan fingerprint density at radius 1 is 0.304 bits per heavy atom. The molecular weight excluding hydrogens is 675 g/mol. The van der Waals surface area contributed by atoms with Crippen LogP contribution in [0.5, 0.6) is 0 Å². The molecular formula is C55H41N. The zero-order valence-corrected chi connectivity index (χ0v) is 31.7. The van der Waals surface area contributed by atoms with Crippen molar-refractivity contribution in [3.8, 4) is 55.6 Å². The van der Waals surface area contributed by atoms with Crippen molar-refractivity contribution in [2.24, 2.45) is 0 Å². The first kappa shape index (κ1) is 33.6. The molecule has 0 atom stereocenters. The van der Waals surface area contributed by atoms with Gasteiger partial charge in [0.2, 0.25) is 0 Å².